The van der Waals surface area contributed by atoms with Crippen LogP contribution in [0.4, 0.5) is 0 Å². The van der Waals surface area contributed by atoms with Gasteiger partial charge in [0.2, 0.25) is 0 Å². The second-order valence-electron chi connectivity index (χ2n) is 17.3. The molecule has 0 atom stereocenters. The topological polar surface area (TPSA) is 25.8 Å². The Morgan fingerprint density at radius 1 is 0.557 bits per heavy atom. The average molecular weight is 989 g/mol. The molecular weight excluding hydrogens is 933 g/mol. The molecule has 6 aromatic carbocycles. The molecule has 61 heavy (non-hydrogen) atoms. The van der Waals surface area contributed by atoms with Gasteiger partial charge in [0.15, 0.2) is 0 Å². The molecule has 8 aromatic rings. The summed E-state index contributed by atoms with van der Waals surface area (Å²) in [7, 11) is -1.40. The molecule has 0 unspecified atom stereocenters. The molecule has 0 spiro atoms. The normalized spacial score (nSPS) is 11.1. The van der Waals surface area contributed by atoms with Gasteiger partial charge in [-0.3, -0.25) is 0 Å². The van der Waals surface area contributed by atoms with Crippen molar-refractivity contribution in [3.05, 3.63) is 221 Å². The van der Waals surface area contributed by atoms with E-state index in [1.54, 1.807) is 0 Å². The number of hydrogen-bond acceptors (Lipinski definition) is 2. The fourth-order valence-electron chi connectivity index (χ4n) is 8.19. The maximum Gasteiger partial charge on any atom is 0.0799 e. The van der Waals surface area contributed by atoms with Crippen LogP contribution in [-0.2, 0) is 32.9 Å². The summed E-state index contributed by atoms with van der Waals surface area (Å²) in [6, 6.07) is 60.6. The van der Waals surface area contributed by atoms with Crippen molar-refractivity contribution in [1.82, 2.24) is 9.97 Å². The van der Waals surface area contributed by atoms with E-state index < -0.39 is 8.07 Å². The van der Waals surface area contributed by atoms with Crippen molar-refractivity contribution in [1.29, 1.82) is 0 Å². The Hall–Kier alpha value is -5.51. The summed E-state index contributed by atoms with van der Waals surface area (Å²) in [5.74, 6) is 0.501. The third-order valence-electron chi connectivity index (χ3n) is 11.2. The minimum absolute atomic E-state index is 0. The number of pyridine rings is 2. The van der Waals surface area contributed by atoms with Gasteiger partial charge >= 0.3 is 0 Å². The molecule has 2 heterocycles. The number of aromatic nitrogens is 2. The second-order valence-corrected chi connectivity index (χ2v) is 22.4. The maximum absolute atomic E-state index is 4.80. The Morgan fingerprint density at radius 3 is 1.74 bits per heavy atom. The fraction of sp³-hybridized carbons (Fsp3) is 0.193. The molecule has 0 saturated heterocycles. The summed E-state index contributed by atoms with van der Waals surface area (Å²) in [4.78, 5) is 9.54. The Morgan fingerprint density at radius 2 is 1.13 bits per heavy atom. The van der Waals surface area contributed by atoms with E-state index >= 15 is 0 Å². The Kier molecular flexibility index (Phi) is 15.0. The SMILES string of the molecule is CC(C)c1cc(-c2[c-]ccc(-c3ccccc3)c2)ncc1[Si](C)(C)C.Cc1cc(C)c(-c2ccnc(-c3[c-]cc(Cc4ccccc4)c(Cc4ccccc4)c3)c2)c(C)c1.[Ir]. The van der Waals surface area contributed by atoms with E-state index in [0.717, 1.165) is 35.4 Å². The number of benzene rings is 6. The molecule has 2 nitrogen and oxygen atoms in total. The molecule has 8 rings (SSSR count). The molecule has 0 amide bonds. The first kappa shape index (κ1) is 45.0. The van der Waals surface area contributed by atoms with Crippen LogP contribution in [0.1, 0.15) is 64.3 Å². The van der Waals surface area contributed by atoms with Gasteiger partial charge in [0.1, 0.15) is 0 Å². The number of rotatable bonds is 10. The van der Waals surface area contributed by atoms with E-state index in [0.29, 0.717) is 5.92 Å². The van der Waals surface area contributed by atoms with Gasteiger partial charge in [-0.05, 0) is 95.6 Å². The first-order valence-electron chi connectivity index (χ1n) is 21.2. The molecule has 2 aromatic heterocycles. The standard InChI is InChI=1S/C34H30N.C23H26NSi.Ir/c1-24-18-25(2)34(26(3)19-24)31-16-17-35-33(23-31)30-15-14-29(20-27-10-6-4-7-11-27)32(22-30)21-28-12-8-5-9-13-28;1-17(2)21-15-22(24-16-23(21)25(3,4)5)20-13-9-12-19(14-20)18-10-7-6-8-11-18;/h4-14,16-19,22-23H,20-21H2,1-3H3;6-12,14-17H,1-5H3;/q2*-1;. The molecule has 0 N–H and O–H groups in total. The maximum atomic E-state index is 4.80. The predicted octanol–water partition coefficient (Wildman–Crippen LogP) is 14.2. The van der Waals surface area contributed by atoms with Crippen molar-refractivity contribution in [3.8, 4) is 44.8 Å². The van der Waals surface area contributed by atoms with Gasteiger partial charge in [0, 0.05) is 32.5 Å². The molecule has 309 valence electrons. The molecule has 4 heteroatoms. The van der Waals surface area contributed by atoms with Gasteiger partial charge in [-0.25, -0.2) is 0 Å². The van der Waals surface area contributed by atoms with E-state index in [1.165, 1.54) is 71.9 Å². The monoisotopic (exact) mass is 989 g/mol. The Balaban J connectivity index is 0.000000212. The van der Waals surface area contributed by atoms with E-state index in [-0.39, 0.29) is 20.1 Å². The van der Waals surface area contributed by atoms with Crippen molar-refractivity contribution in [2.24, 2.45) is 0 Å². The van der Waals surface area contributed by atoms with Crippen LogP contribution >= 0.6 is 0 Å². The van der Waals surface area contributed by atoms with E-state index in [2.05, 4.69) is 212 Å². The van der Waals surface area contributed by atoms with Crippen LogP contribution in [0.25, 0.3) is 44.8 Å². The van der Waals surface area contributed by atoms with Gasteiger partial charge in [-0.15, -0.1) is 70.3 Å². The largest absolute Gasteiger partial charge is 0.305 e. The minimum atomic E-state index is -1.40. The quantitative estimate of drug-likeness (QED) is 0.101. The average Bonchev–Trinajstić information content (AvgIpc) is 3.25. The second kappa shape index (κ2) is 20.4. The smallest absolute Gasteiger partial charge is 0.0799 e. The summed E-state index contributed by atoms with van der Waals surface area (Å²) >= 11 is 0. The van der Waals surface area contributed by atoms with E-state index in [4.69, 9.17) is 9.97 Å². The summed E-state index contributed by atoms with van der Waals surface area (Å²) in [6.07, 6.45) is 5.82. The van der Waals surface area contributed by atoms with Crippen LogP contribution in [0.3, 0.4) is 0 Å². The van der Waals surface area contributed by atoms with Crippen molar-refractivity contribution >= 4 is 13.3 Å². The molecule has 0 fully saturated rings. The first-order chi connectivity index (χ1) is 28.9. The molecule has 1 radical (unpaired) electrons. The molecule has 0 aliphatic carbocycles. The number of nitrogens with zero attached hydrogens (tertiary/aromatic N) is 2. The zero-order chi connectivity index (χ0) is 42.2. The van der Waals surface area contributed by atoms with E-state index in [1.807, 2.05) is 18.3 Å². The Labute approximate surface area is 379 Å². The summed E-state index contributed by atoms with van der Waals surface area (Å²) in [5, 5.41) is 1.46. The van der Waals surface area contributed by atoms with Crippen LogP contribution in [0.15, 0.2) is 164 Å². The summed E-state index contributed by atoms with van der Waals surface area (Å²) < 4.78 is 0. The van der Waals surface area contributed by atoms with Crippen LogP contribution in [-0.4, -0.2) is 18.0 Å². The third-order valence-corrected chi connectivity index (χ3v) is 13.2. The van der Waals surface area contributed by atoms with Gasteiger partial charge in [-0.2, -0.15) is 0 Å². The molecule has 0 bridgehead atoms. The molecule has 0 aliphatic heterocycles. The van der Waals surface area contributed by atoms with Crippen molar-refractivity contribution < 1.29 is 20.1 Å². The Bertz CT molecular complexity index is 2660. The number of hydrogen-bond donors (Lipinski definition) is 0. The molecule has 0 saturated carbocycles. The van der Waals surface area contributed by atoms with Crippen molar-refractivity contribution in [2.45, 2.75) is 73.0 Å². The summed E-state index contributed by atoms with van der Waals surface area (Å²) in [5.41, 5.74) is 19.6. The molecule has 0 aliphatic rings. The minimum Gasteiger partial charge on any atom is -0.305 e. The summed E-state index contributed by atoms with van der Waals surface area (Å²) in [6.45, 7) is 18.2. The van der Waals surface area contributed by atoms with Gasteiger partial charge in [-0.1, -0.05) is 165 Å². The third kappa shape index (κ3) is 11.5. The first-order valence-corrected chi connectivity index (χ1v) is 24.7. The van der Waals surface area contributed by atoms with Gasteiger partial charge in [0.05, 0.1) is 8.07 Å². The zero-order valence-electron chi connectivity index (χ0n) is 36.8. The van der Waals surface area contributed by atoms with Crippen molar-refractivity contribution in [3.63, 3.8) is 0 Å². The number of aryl methyl sites for hydroxylation is 3. The van der Waals surface area contributed by atoms with Crippen LogP contribution in [0.5, 0.6) is 0 Å². The van der Waals surface area contributed by atoms with Crippen LogP contribution in [0.2, 0.25) is 19.6 Å². The van der Waals surface area contributed by atoms with E-state index in [9.17, 15) is 0 Å². The predicted molar refractivity (Wildman–Crippen MR) is 258 cm³/mol. The van der Waals surface area contributed by atoms with Crippen molar-refractivity contribution in [2.75, 3.05) is 0 Å². The van der Waals surface area contributed by atoms with Crippen LogP contribution in [0, 0.1) is 32.9 Å². The van der Waals surface area contributed by atoms with Gasteiger partial charge in [0.25, 0.3) is 0 Å². The fourth-order valence-corrected chi connectivity index (χ4v) is 9.87. The van der Waals surface area contributed by atoms with Gasteiger partial charge < -0.3 is 9.97 Å². The molecular formula is C57H56IrN2Si-2. The van der Waals surface area contributed by atoms with Crippen LogP contribution < -0.4 is 5.19 Å². The zero-order valence-corrected chi connectivity index (χ0v) is 40.2.